The maximum Gasteiger partial charge on any atom is 0.225 e. The molecule has 3 rings (SSSR count). The van der Waals surface area contributed by atoms with E-state index in [1.54, 1.807) is 16.8 Å². The molecule has 1 saturated carbocycles. The summed E-state index contributed by atoms with van der Waals surface area (Å²) in [6, 6.07) is 6.71. The standard InChI is InChI=1S/C18H23FN4O2/c1-17(2)11-18(17,12-6-3-4-7-13(12)19)16-21-15(10-14(20)25)22-23(16)8-5-9-24/h3-4,6-7,24H,5,8-11H2,1-2H3,(H2,20,25). The van der Waals surface area contributed by atoms with Gasteiger partial charge in [-0.2, -0.15) is 5.10 Å². The van der Waals surface area contributed by atoms with Crippen molar-refractivity contribution in [2.24, 2.45) is 11.1 Å². The number of aliphatic hydroxyl groups excluding tert-OH is 1. The Morgan fingerprint density at radius 3 is 2.64 bits per heavy atom. The molecule has 6 nitrogen and oxygen atoms in total. The smallest absolute Gasteiger partial charge is 0.225 e. The van der Waals surface area contributed by atoms with E-state index in [-0.39, 0.29) is 24.3 Å². The van der Waals surface area contributed by atoms with Gasteiger partial charge in [-0.05, 0) is 24.3 Å². The number of benzene rings is 1. The molecular formula is C18H23FN4O2. The van der Waals surface area contributed by atoms with Crippen molar-refractivity contribution in [3.8, 4) is 0 Å². The van der Waals surface area contributed by atoms with Crippen LogP contribution >= 0.6 is 0 Å². The maximum atomic E-state index is 14.6. The van der Waals surface area contributed by atoms with Crippen LogP contribution in [0.3, 0.4) is 0 Å². The second-order valence-corrected chi connectivity index (χ2v) is 7.24. The summed E-state index contributed by atoms with van der Waals surface area (Å²) < 4.78 is 16.3. The van der Waals surface area contributed by atoms with Gasteiger partial charge in [-0.3, -0.25) is 4.79 Å². The van der Waals surface area contributed by atoms with Crippen molar-refractivity contribution in [3.63, 3.8) is 0 Å². The van der Waals surface area contributed by atoms with E-state index < -0.39 is 11.3 Å². The number of primary amides is 1. The Labute approximate surface area is 145 Å². The third-order valence-electron chi connectivity index (χ3n) is 5.03. The van der Waals surface area contributed by atoms with E-state index in [4.69, 9.17) is 10.8 Å². The summed E-state index contributed by atoms with van der Waals surface area (Å²) in [5, 5.41) is 13.5. The third-order valence-corrected chi connectivity index (χ3v) is 5.03. The van der Waals surface area contributed by atoms with Gasteiger partial charge in [-0.1, -0.05) is 32.0 Å². The van der Waals surface area contributed by atoms with Crippen molar-refractivity contribution in [1.82, 2.24) is 14.8 Å². The first-order valence-corrected chi connectivity index (χ1v) is 8.40. The van der Waals surface area contributed by atoms with Crippen LogP contribution < -0.4 is 5.73 Å². The quantitative estimate of drug-likeness (QED) is 0.795. The number of rotatable bonds is 7. The largest absolute Gasteiger partial charge is 0.396 e. The van der Waals surface area contributed by atoms with Gasteiger partial charge in [0.1, 0.15) is 11.6 Å². The molecule has 0 bridgehead atoms. The summed E-state index contributed by atoms with van der Waals surface area (Å²) in [5.74, 6) is 0.174. The Morgan fingerprint density at radius 2 is 2.08 bits per heavy atom. The fourth-order valence-electron chi connectivity index (χ4n) is 3.70. The molecule has 0 radical (unpaired) electrons. The summed E-state index contributed by atoms with van der Waals surface area (Å²) in [7, 11) is 0. The number of hydrogen-bond acceptors (Lipinski definition) is 4. The highest BCUT2D eigenvalue weighted by Crippen LogP contribution is 2.67. The van der Waals surface area contributed by atoms with E-state index in [2.05, 4.69) is 23.9 Å². The van der Waals surface area contributed by atoms with Crippen LogP contribution in [-0.2, 0) is 23.2 Å². The maximum absolute atomic E-state index is 14.6. The van der Waals surface area contributed by atoms with Gasteiger partial charge in [0.25, 0.3) is 0 Å². The molecule has 1 aromatic heterocycles. The van der Waals surface area contributed by atoms with Gasteiger partial charge >= 0.3 is 0 Å². The van der Waals surface area contributed by atoms with E-state index >= 15 is 0 Å². The highest BCUT2D eigenvalue weighted by Gasteiger charge is 2.66. The Balaban J connectivity index is 2.12. The van der Waals surface area contributed by atoms with E-state index in [9.17, 15) is 9.18 Å². The SMILES string of the molecule is CC1(C)CC1(c1ccccc1F)c1nc(CC(N)=O)nn1CCCO. The molecule has 1 unspecified atom stereocenters. The molecule has 3 N–H and O–H groups in total. The summed E-state index contributed by atoms with van der Waals surface area (Å²) in [6.07, 6.45) is 1.17. The minimum absolute atomic E-state index is 0.0144. The van der Waals surface area contributed by atoms with Crippen LogP contribution in [0.15, 0.2) is 24.3 Å². The van der Waals surface area contributed by atoms with E-state index in [1.807, 2.05) is 6.07 Å². The first-order valence-electron chi connectivity index (χ1n) is 8.40. The minimum Gasteiger partial charge on any atom is -0.396 e. The molecule has 1 amide bonds. The predicted octanol–water partition coefficient (Wildman–Crippen LogP) is 1.54. The van der Waals surface area contributed by atoms with Crippen LogP contribution in [0.4, 0.5) is 4.39 Å². The Bertz CT molecular complexity index is 802. The second kappa shape index (κ2) is 6.22. The zero-order valence-electron chi connectivity index (χ0n) is 14.5. The average molecular weight is 346 g/mol. The molecule has 0 aliphatic heterocycles. The zero-order chi connectivity index (χ0) is 18.2. The summed E-state index contributed by atoms with van der Waals surface area (Å²) in [4.78, 5) is 15.8. The molecule has 1 atom stereocenters. The number of halogens is 1. The van der Waals surface area contributed by atoms with Gasteiger partial charge in [0.2, 0.25) is 5.91 Å². The number of amides is 1. The van der Waals surface area contributed by atoms with Crippen molar-refractivity contribution in [2.75, 3.05) is 6.61 Å². The van der Waals surface area contributed by atoms with Crippen molar-refractivity contribution < 1.29 is 14.3 Å². The van der Waals surface area contributed by atoms with Crippen LogP contribution in [0.1, 0.15) is 43.9 Å². The lowest BCUT2D eigenvalue weighted by Gasteiger charge is -2.22. The molecule has 7 heteroatoms. The third kappa shape index (κ3) is 2.93. The molecule has 1 heterocycles. The summed E-state index contributed by atoms with van der Waals surface area (Å²) in [5.41, 5.74) is 5.06. The highest BCUT2D eigenvalue weighted by atomic mass is 19.1. The molecule has 1 fully saturated rings. The fourth-order valence-corrected chi connectivity index (χ4v) is 3.70. The van der Waals surface area contributed by atoms with Crippen LogP contribution in [-0.4, -0.2) is 32.4 Å². The number of carbonyl (C=O) groups excluding carboxylic acids is 1. The van der Waals surface area contributed by atoms with Gasteiger partial charge in [0.15, 0.2) is 5.82 Å². The zero-order valence-corrected chi connectivity index (χ0v) is 14.5. The molecule has 25 heavy (non-hydrogen) atoms. The second-order valence-electron chi connectivity index (χ2n) is 7.24. The number of aryl methyl sites for hydroxylation is 1. The summed E-state index contributed by atoms with van der Waals surface area (Å²) in [6.45, 7) is 4.60. The minimum atomic E-state index is -0.601. The lowest BCUT2D eigenvalue weighted by Crippen LogP contribution is -2.24. The Hall–Kier alpha value is -2.28. The molecule has 1 aromatic carbocycles. The lowest BCUT2D eigenvalue weighted by atomic mass is 9.86. The van der Waals surface area contributed by atoms with Crippen LogP contribution in [0.2, 0.25) is 0 Å². The number of aliphatic hydroxyl groups is 1. The molecule has 0 spiro atoms. The van der Waals surface area contributed by atoms with Gasteiger partial charge < -0.3 is 10.8 Å². The summed E-state index contributed by atoms with van der Waals surface area (Å²) >= 11 is 0. The molecule has 1 aliphatic carbocycles. The first kappa shape index (κ1) is 17.5. The molecule has 0 saturated heterocycles. The Morgan fingerprint density at radius 1 is 1.40 bits per heavy atom. The number of nitrogens with two attached hydrogens (primary N) is 1. The lowest BCUT2D eigenvalue weighted by molar-refractivity contribution is -0.117. The van der Waals surface area contributed by atoms with Crippen molar-refractivity contribution in [2.45, 2.75) is 45.1 Å². The van der Waals surface area contributed by atoms with Crippen molar-refractivity contribution >= 4 is 5.91 Å². The molecule has 1 aliphatic rings. The van der Waals surface area contributed by atoms with Gasteiger partial charge in [0.05, 0.1) is 11.8 Å². The van der Waals surface area contributed by atoms with Crippen molar-refractivity contribution in [1.29, 1.82) is 0 Å². The van der Waals surface area contributed by atoms with E-state index in [0.717, 1.165) is 6.42 Å². The molecular weight excluding hydrogens is 323 g/mol. The number of nitrogens with zero attached hydrogens (tertiary/aromatic N) is 3. The van der Waals surface area contributed by atoms with Crippen LogP contribution in [0, 0.1) is 11.2 Å². The van der Waals surface area contributed by atoms with Crippen LogP contribution in [0.25, 0.3) is 0 Å². The Kier molecular flexibility index (Phi) is 4.36. The van der Waals surface area contributed by atoms with Crippen LogP contribution in [0.5, 0.6) is 0 Å². The van der Waals surface area contributed by atoms with E-state index in [0.29, 0.717) is 30.2 Å². The normalized spacial score (nSPS) is 21.3. The number of carbonyl (C=O) groups is 1. The van der Waals surface area contributed by atoms with Gasteiger partial charge in [-0.15, -0.1) is 0 Å². The number of aromatic nitrogens is 3. The number of hydrogen-bond donors (Lipinski definition) is 2. The molecule has 134 valence electrons. The topological polar surface area (TPSA) is 94.0 Å². The first-order chi connectivity index (χ1) is 11.8. The fraction of sp³-hybridized carbons (Fsp3) is 0.500. The van der Waals surface area contributed by atoms with E-state index in [1.165, 1.54) is 6.07 Å². The van der Waals surface area contributed by atoms with Gasteiger partial charge in [0, 0.05) is 18.7 Å². The highest BCUT2D eigenvalue weighted by molar-refractivity contribution is 5.75. The van der Waals surface area contributed by atoms with Crippen molar-refractivity contribution in [3.05, 3.63) is 47.3 Å². The van der Waals surface area contributed by atoms with Gasteiger partial charge in [-0.25, -0.2) is 14.1 Å². The predicted molar refractivity (Wildman–Crippen MR) is 90.2 cm³/mol. The molecule has 2 aromatic rings. The average Bonchev–Trinajstić information content (AvgIpc) is 2.91. The monoisotopic (exact) mass is 346 g/mol.